The molecular weight excluding hydrogens is 795 g/mol. The summed E-state index contributed by atoms with van der Waals surface area (Å²) in [6.45, 7) is 4.70. The van der Waals surface area contributed by atoms with Crippen LogP contribution in [0.1, 0.15) is 25.0 Å². The molecule has 0 unspecified atom stereocenters. The third-order valence-electron chi connectivity index (χ3n) is 13.3. The van der Waals surface area contributed by atoms with Gasteiger partial charge in [-0.3, -0.25) is 0 Å². The van der Waals surface area contributed by atoms with Gasteiger partial charge in [-0.25, -0.2) is 15.0 Å². The number of hydrogen-bond donors (Lipinski definition) is 0. The molecule has 1 aliphatic rings. The minimum absolute atomic E-state index is 0.123. The lowest BCUT2D eigenvalue weighted by Crippen LogP contribution is -2.16. The molecule has 12 aromatic rings. The van der Waals surface area contributed by atoms with Crippen LogP contribution in [0.4, 0.5) is 0 Å². The van der Waals surface area contributed by atoms with Crippen LogP contribution >= 0.6 is 0 Å². The summed E-state index contributed by atoms with van der Waals surface area (Å²) >= 11 is 0. The molecule has 0 bridgehead atoms. The van der Waals surface area contributed by atoms with Crippen LogP contribution in [0.25, 0.3) is 123 Å². The van der Waals surface area contributed by atoms with E-state index in [2.05, 4.69) is 166 Å². The molecule has 306 valence electrons. The van der Waals surface area contributed by atoms with Gasteiger partial charge in [-0.1, -0.05) is 172 Å². The van der Waals surface area contributed by atoms with Gasteiger partial charge in [0.15, 0.2) is 17.5 Å². The number of rotatable bonds is 6. The van der Waals surface area contributed by atoms with Crippen LogP contribution in [0, 0.1) is 0 Å². The summed E-state index contributed by atoms with van der Waals surface area (Å²) in [5, 5.41) is 3.93. The third-order valence-corrected chi connectivity index (χ3v) is 13.3. The number of para-hydroxylation sites is 1. The van der Waals surface area contributed by atoms with Crippen LogP contribution in [-0.4, -0.2) is 15.0 Å². The highest BCUT2D eigenvalue weighted by molar-refractivity contribution is 6.14. The van der Waals surface area contributed by atoms with Crippen molar-refractivity contribution in [3.63, 3.8) is 0 Å². The van der Waals surface area contributed by atoms with E-state index in [0.717, 1.165) is 82.8 Å². The third kappa shape index (κ3) is 5.89. The second-order valence-corrected chi connectivity index (χ2v) is 17.5. The maximum atomic E-state index is 6.61. The van der Waals surface area contributed by atoms with Crippen LogP contribution in [0.3, 0.4) is 0 Å². The Morgan fingerprint density at radius 1 is 0.323 bits per heavy atom. The van der Waals surface area contributed by atoms with Gasteiger partial charge in [-0.05, 0) is 98.1 Å². The summed E-state index contributed by atoms with van der Waals surface area (Å²) in [4.78, 5) is 15.9. The zero-order valence-corrected chi connectivity index (χ0v) is 35.7. The highest BCUT2D eigenvalue weighted by Gasteiger charge is 2.37. The minimum atomic E-state index is -0.123. The van der Waals surface area contributed by atoms with E-state index < -0.39 is 0 Å². The Morgan fingerprint density at radius 2 is 0.815 bits per heavy atom. The highest BCUT2D eigenvalue weighted by Crippen LogP contribution is 2.52. The molecule has 0 amide bonds. The first kappa shape index (κ1) is 37.2. The topological polar surface area (TPSA) is 65.0 Å². The molecule has 0 atom stereocenters. The first-order valence-electron chi connectivity index (χ1n) is 22.1. The van der Waals surface area contributed by atoms with Crippen molar-refractivity contribution in [3.8, 4) is 78.7 Å². The summed E-state index contributed by atoms with van der Waals surface area (Å²) in [7, 11) is 0. The number of hydrogen-bond acceptors (Lipinski definition) is 5. The first-order chi connectivity index (χ1) is 32.0. The Morgan fingerprint density at radius 3 is 1.60 bits per heavy atom. The predicted molar refractivity (Wildman–Crippen MR) is 265 cm³/mol. The Labute approximate surface area is 375 Å². The van der Waals surface area contributed by atoms with E-state index in [1.807, 2.05) is 48.5 Å². The SMILES string of the molecule is CC1(C)c2ccccc2-c2cccc(-c3cccc(-c4ccc5oc6cccc(-c7nc(-c8cccc(-c9ccccc9)c8)nc(-c8cccc9oc%10ccccc%10c89)n7)c6c5c4)c3)c21. The molecule has 3 aromatic heterocycles. The molecule has 0 spiro atoms. The quantitative estimate of drug-likeness (QED) is 0.167. The van der Waals surface area contributed by atoms with Crippen LogP contribution in [0.15, 0.2) is 209 Å². The van der Waals surface area contributed by atoms with Crippen molar-refractivity contribution in [2.24, 2.45) is 0 Å². The van der Waals surface area contributed by atoms with Crippen molar-refractivity contribution in [2.75, 3.05) is 0 Å². The number of benzene rings is 9. The zero-order chi connectivity index (χ0) is 43.2. The van der Waals surface area contributed by atoms with E-state index in [4.69, 9.17) is 23.8 Å². The zero-order valence-electron chi connectivity index (χ0n) is 35.7. The highest BCUT2D eigenvalue weighted by atomic mass is 16.3. The standard InChI is InChI=1S/C60H39N3O2/c1-60(2)49-27-8-6-21-43(49)44-24-12-23-42(56(44)60)40-19-10-18-38(33-40)39-31-32-51-48(35-39)55-47(26-14-30-53(55)65-51)59-62-57(41-20-11-17-37(34-41)36-15-4-3-5-16-36)61-58(63-59)46-25-13-29-52-54(46)45-22-7-9-28-50(45)64-52/h3-35H,1-2H3. The van der Waals surface area contributed by atoms with Gasteiger partial charge in [0.05, 0.1) is 0 Å². The van der Waals surface area contributed by atoms with Gasteiger partial charge in [0.25, 0.3) is 0 Å². The first-order valence-corrected chi connectivity index (χ1v) is 22.1. The summed E-state index contributed by atoms with van der Waals surface area (Å²) in [5.41, 5.74) is 17.9. The van der Waals surface area contributed by atoms with Crippen molar-refractivity contribution >= 4 is 43.9 Å². The maximum Gasteiger partial charge on any atom is 0.164 e. The second-order valence-electron chi connectivity index (χ2n) is 17.5. The summed E-state index contributed by atoms with van der Waals surface area (Å²) in [5.74, 6) is 1.70. The summed E-state index contributed by atoms with van der Waals surface area (Å²) in [6, 6.07) is 70.2. The van der Waals surface area contributed by atoms with Gasteiger partial charge >= 0.3 is 0 Å². The molecule has 3 heterocycles. The number of aromatic nitrogens is 3. The van der Waals surface area contributed by atoms with Crippen molar-refractivity contribution in [3.05, 3.63) is 211 Å². The molecule has 5 heteroatoms. The largest absolute Gasteiger partial charge is 0.456 e. The van der Waals surface area contributed by atoms with E-state index in [1.165, 1.54) is 33.4 Å². The smallest absolute Gasteiger partial charge is 0.164 e. The van der Waals surface area contributed by atoms with Gasteiger partial charge in [0.2, 0.25) is 0 Å². The molecule has 0 radical (unpaired) electrons. The molecule has 1 aliphatic carbocycles. The maximum absolute atomic E-state index is 6.61. The van der Waals surface area contributed by atoms with Gasteiger partial charge in [-0.15, -0.1) is 0 Å². The molecular formula is C60H39N3O2. The summed E-state index contributed by atoms with van der Waals surface area (Å²) < 4.78 is 13.0. The van der Waals surface area contributed by atoms with Crippen molar-refractivity contribution in [2.45, 2.75) is 19.3 Å². The Hall–Kier alpha value is -8.41. The van der Waals surface area contributed by atoms with E-state index in [0.29, 0.717) is 17.5 Å². The summed E-state index contributed by atoms with van der Waals surface area (Å²) in [6.07, 6.45) is 0. The number of nitrogens with zero attached hydrogens (tertiary/aromatic N) is 3. The monoisotopic (exact) mass is 833 g/mol. The fourth-order valence-electron chi connectivity index (χ4n) is 10.3. The van der Waals surface area contributed by atoms with Gasteiger partial charge in [0, 0.05) is 43.7 Å². The Bertz CT molecular complexity index is 3880. The van der Waals surface area contributed by atoms with Crippen LogP contribution in [0.5, 0.6) is 0 Å². The van der Waals surface area contributed by atoms with Crippen LogP contribution in [0.2, 0.25) is 0 Å². The van der Waals surface area contributed by atoms with Crippen molar-refractivity contribution in [1.29, 1.82) is 0 Å². The predicted octanol–water partition coefficient (Wildman–Crippen LogP) is 16.0. The molecule has 5 nitrogen and oxygen atoms in total. The molecule has 0 aliphatic heterocycles. The molecule has 0 saturated carbocycles. The normalized spacial score (nSPS) is 12.9. The van der Waals surface area contributed by atoms with Gasteiger partial charge in [-0.2, -0.15) is 0 Å². The van der Waals surface area contributed by atoms with Crippen LogP contribution < -0.4 is 0 Å². The average molecular weight is 834 g/mol. The average Bonchev–Trinajstić information content (AvgIpc) is 4.01. The van der Waals surface area contributed by atoms with Crippen molar-refractivity contribution in [1.82, 2.24) is 15.0 Å². The second kappa shape index (κ2) is 14.3. The van der Waals surface area contributed by atoms with Gasteiger partial charge in [0.1, 0.15) is 22.3 Å². The molecule has 0 N–H and O–H groups in total. The lowest BCUT2D eigenvalue weighted by Gasteiger charge is -2.24. The minimum Gasteiger partial charge on any atom is -0.456 e. The fraction of sp³-hybridized carbons (Fsp3) is 0.0500. The van der Waals surface area contributed by atoms with Crippen molar-refractivity contribution < 1.29 is 8.83 Å². The number of fused-ring (bicyclic) bond motifs is 9. The molecule has 65 heavy (non-hydrogen) atoms. The van der Waals surface area contributed by atoms with Gasteiger partial charge < -0.3 is 8.83 Å². The Balaban J connectivity index is 0.984. The number of furan rings is 2. The lowest BCUT2D eigenvalue weighted by atomic mass is 9.78. The molecule has 9 aromatic carbocycles. The van der Waals surface area contributed by atoms with Crippen LogP contribution in [-0.2, 0) is 5.41 Å². The molecule has 13 rings (SSSR count). The molecule has 0 saturated heterocycles. The lowest BCUT2D eigenvalue weighted by molar-refractivity contribution is 0.662. The van der Waals surface area contributed by atoms with E-state index >= 15 is 0 Å². The Kier molecular flexibility index (Phi) is 8.18. The van der Waals surface area contributed by atoms with E-state index in [-0.39, 0.29) is 5.41 Å². The fourth-order valence-corrected chi connectivity index (χ4v) is 10.3. The molecule has 0 fully saturated rings. The van der Waals surface area contributed by atoms with E-state index in [9.17, 15) is 0 Å². The van der Waals surface area contributed by atoms with E-state index in [1.54, 1.807) is 0 Å².